The first kappa shape index (κ1) is 9.75. The molecule has 0 amide bonds. The maximum absolute atomic E-state index is 9.63. The minimum atomic E-state index is -0.300. The standard InChI is InChI=1S/C10H18O2/c1-4-7(3)10-9(11)6-8(5-2)12-10/h4,8-11H,5-6H2,1-3H3/b7-4+/t8-,9+,10+/m1/s1. The van der Waals surface area contributed by atoms with E-state index >= 15 is 0 Å². The molecule has 0 unspecified atom stereocenters. The van der Waals surface area contributed by atoms with Gasteiger partial charge in [0.15, 0.2) is 0 Å². The molecule has 2 nitrogen and oxygen atoms in total. The molecule has 2 heteroatoms. The van der Waals surface area contributed by atoms with Crippen molar-refractivity contribution in [1.29, 1.82) is 0 Å². The molecule has 0 bridgehead atoms. The SMILES string of the molecule is C/C=C(\C)[C@@H]1O[C@H](CC)C[C@@H]1O. The van der Waals surface area contributed by atoms with Crippen LogP contribution in [0.4, 0.5) is 0 Å². The van der Waals surface area contributed by atoms with Gasteiger partial charge in [-0.2, -0.15) is 0 Å². The van der Waals surface area contributed by atoms with Gasteiger partial charge in [0.25, 0.3) is 0 Å². The van der Waals surface area contributed by atoms with Crippen LogP contribution in [0.1, 0.15) is 33.6 Å². The maximum atomic E-state index is 9.63. The van der Waals surface area contributed by atoms with E-state index in [1.54, 1.807) is 0 Å². The molecule has 12 heavy (non-hydrogen) atoms. The van der Waals surface area contributed by atoms with E-state index in [0.717, 1.165) is 18.4 Å². The third kappa shape index (κ3) is 1.87. The first-order valence-electron chi connectivity index (χ1n) is 4.65. The predicted molar refractivity (Wildman–Crippen MR) is 49.0 cm³/mol. The summed E-state index contributed by atoms with van der Waals surface area (Å²) in [6, 6.07) is 0. The number of ether oxygens (including phenoxy) is 1. The van der Waals surface area contributed by atoms with E-state index in [-0.39, 0.29) is 18.3 Å². The average Bonchev–Trinajstić information content (AvgIpc) is 2.45. The van der Waals surface area contributed by atoms with Crippen LogP contribution in [0, 0.1) is 0 Å². The van der Waals surface area contributed by atoms with Crippen LogP contribution in [0.5, 0.6) is 0 Å². The monoisotopic (exact) mass is 170 g/mol. The lowest BCUT2D eigenvalue weighted by Gasteiger charge is -2.14. The summed E-state index contributed by atoms with van der Waals surface area (Å²) in [5.74, 6) is 0. The Kier molecular flexibility index (Phi) is 3.29. The molecule has 1 fully saturated rings. The number of rotatable bonds is 2. The molecule has 1 N–H and O–H groups in total. The quantitative estimate of drug-likeness (QED) is 0.641. The zero-order chi connectivity index (χ0) is 9.14. The highest BCUT2D eigenvalue weighted by Crippen LogP contribution is 2.26. The molecule has 0 spiro atoms. The Morgan fingerprint density at radius 1 is 1.67 bits per heavy atom. The van der Waals surface area contributed by atoms with Gasteiger partial charge in [0, 0.05) is 6.42 Å². The molecule has 0 aromatic heterocycles. The van der Waals surface area contributed by atoms with Crippen LogP contribution in [0.2, 0.25) is 0 Å². The molecule has 0 aromatic rings. The van der Waals surface area contributed by atoms with Crippen molar-refractivity contribution in [2.24, 2.45) is 0 Å². The maximum Gasteiger partial charge on any atom is 0.105 e. The lowest BCUT2D eigenvalue weighted by atomic mass is 10.0. The van der Waals surface area contributed by atoms with Crippen molar-refractivity contribution in [1.82, 2.24) is 0 Å². The lowest BCUT2D eigenvalue weighted by Crippen LogP contribution is -2.21. The minimum absolute atomic E-state index is 0.0556. The fourth-order valence-corrected chi connectivity index (χ4v) is 1.58. The molecule has 1 aliphatic rings. The number of aliphatic hydroxyl groups is 1. The second-order valence-electron chi connectivity index (χ2n) is 3.42. The Hall–Kier alpha value is -0.340. The van der Waals surface area contributed by atoms with E-state index in [1.807, 2.05) is 19.9 Å². The summed E-state index contributed by atoms with van der Waals surface area (Å²) < 4.78 is 5.66. The van der Waals surface area contributed by atoms with E-state index in [2.05, 4.69) is 6.92 Å². The third-order valence-electron chi connectivity index (χ3n) is 2.55. The number of hydrogen-bond acceptors (Lipinski definition) is 2. The molecule has 70 valence electrons. The highest BCUT2D eigenvalue weighted by Gasteiger charge is 2.33. The van der Waals surface area contributed by atoms with Gasteiger partial charge in [0.1, 0.15) is 6.10 Å². The second-order valence-corrected chi connectivity index (χ2v) is 3.42. The van der Waals surface area contributed by atoms with Crippen molar-refractivity contribution >= 4 is 0 Å². The van der Waals surface area contributed by atoms with Crippen molar-refractivity contribution < 1.29 is 9.84 Å². The summed E-state index contributed by atoms with van der Waals surface area (Å²) >= 11 is 0. The van der Waals surface area contributed by atoms with Crippen LogP contribution in [0.3, 0.4) is 0 Å². The van der Waals surface area contributed by atoms with Crippen LogP contribution in [-0.2, 0) is 4.74 Å². The summed E-state index contributed by atoms with van der Waals surface area (Å²) in [7, 11) is 0. The zero-order valence-corrected chi connectivity index (χ0v) is 8.08. The molecular weight excluding hydrogens is 152 g/mol. The van der Waals surface area contributed by atoms with E-state index in [9.17, 15) is 5.11 Å². The summed E-state index contributed by atoms with van der Waals surface area (Å²) in [6.45, 7) is 6.07. The van der Waals surface area contributed by atoms with Gasteiger partial charge in [-0.1, -0.05) is 13.0 Å². The molecule has 0 aliphatic carbocycles. The Morgan fingerprint density at radius 2 is 2.33 bits per heavy atom. The smallest absolute Gasteiger partial charge is 0.105 e. The Morgan fingerprint density at radius 3 is 2.75 bits per heavy atom. The van der Waals surface area contributed by atoms with Gasteiger partial charge < -0.3 is 9.84 Å². The molecule has 3 atom stereocenters. The molecule has 1 saturated heterocycles. The molecule has 1 aliphatic heterocycles. The fraction of sp³-hybridized carbons (Fsp3) is 0.800. The van der Waals surface area contributed by atoms with Gasteiger partial charge in [0.2, 0.25) is 0 Å². The van der Waals surface area contributed by atoms with Gasteiger partial charge in [-0.15, -0.1) is 0 Å². The third-order valence-corrected chi connectivity index (χ3v) is 2.55. The summed E-state index contributed by atoms with van der Waals surface area (Å²) in [5.41, 5.74) is 1.14. The van der Waals surface area contributed by atoms with E-state index in [1.165, 1.54) is 0 Å². The number of aliphatic hydroxyl groups excluding tert-OH is 1. The van der Waals surface area contributed by atoms with Gasteiger partial charge >= 0.3 is 0 Å². The highest BCUT2D eigenvalue weighted by atomic mass is 16.5. The van der Waals surface area contributed by atoms with Crippen LogP contribution in [0.25, 0.3) is 0 Å². The van der Waals surface area contributed by atoms with Crippen molar-refractivity contribution in [3.8, 4) is 0 Å². The van der Waals surface area contributed by atoms with Crippen LogP contribution in [0.15, 0.2) is 11.6 Å². The molecule has 0 saturated carbocycles. The van der Waals surface area contributed by atoms with Crippen LogP contribution >= 0.6 is 0 Å². The second kappa shape index (κ2) is 4.06. The van der Waals surface area contributed by atoms with Gasteiger partial charge in [-0.25, -0.2) is 0 Å². The van der Waals surface area contributed by atoms with Crippen LogP contribution in [-0.4, -0.2) is 23.4 Å². The van der Waals surface area contributed by atoms with Crippen molar-refractivity contribution in [3.63, 3.8) is 0 Å². The predicted octanol–water partition coefficient (Wildman–Crippen LogP) is 1.88. The molecular formula is C10H18O2. The van der Waals surface area contributed by atoms with E-state index in [0.29, 0.717) is 0 Å². The van der Waals surface area contributed by atoms with Gasteiger partial charge in [-0.3, -0.25) is 0 Å². The van der Waals surface area contributed by atoms with Crippen molar-refractivity contribution in [2.45, 2.75) is 51.9 Å². The first-order chi connectivity index (χ1) is 5.69. The first-order valence-corrected chi connectivity index (χ1v) is 4.65. The topological polar surface area (TPSA) is 29.5 Å². The summed E-state index contributed by atoms with van der Waals surface area (Å²) in [5, 5.41) is 9.63. The normalized spacial score (nSPS) is 37.3. The molecule has 1 rings (SSSR count). The highest BCUT2D eigenvalue weighted by molar-refractivity contribution is 5.08. The van der Waals surface area contributed by atoms with Gasteiger partial charge in [0.05, 0.1) is 12.2 Å². The Bertz CT molecular complexity index is 175. The number of allylic oxidation sites excluding steroid dienone is 1. The van der Waals surface area contributed by atoms with E-state index < -0.39 is 0 Å². The number of hydrogen-bond donors (Lipinski definition) is 1. The van der Waals surface area contributed by atoms with E-state index in [4.69, 9.17) is 4.74 Å². The van der Waals surface area contributed by atoms with Gasteiger partial charge in [-0.05, 0) is 25.8 Å². The Balaban J connectivity index is 2.57. The zero-order valence-electron chi connectivity index (χ0n) is 8.08. The summed E-state index contributed by atoms with van der Waals surface area (Å²) in [6.07, 6.45) is 3.68. The molecule has 1 heterocycles. The van der Waals surface area contributed by atoms with Crippen molar-refractivity contribution in [2.75, 3.05) is 0 Å². The van der Waals surface area contributed by atoms with Crippen molar-refractivity contribution in [3.05, 3.63) is 11.6 Å². The largest absolute Gasteiger partial charge is 0.390 e. The lowest BCUT2D eigenvalue weighted by molar-refractivity contribution is 0.0317. The molecule has 0 radical (unpaired) electrons. The van der Waals surface area contributed by atoms with Crippen LogP contribution < -0.4 is 0 Å². The minimum Gasteiger partial charge on any atom is -0.390 e. The fourth-order valence-electron chi connectivity index (χ4n) is 1.58. The Labute approximate surface area is 74.2 Å². The average molecular weight is 170 g/mol. The molecule has 0 aromatic carbocycles. The summed E-state index contributed by atoms with van der Waals surface area (Å²) in [4.78, 5) is 0.